The van der Waals surface area contributed by atoms with Crippen LogP contribution in [0.4, 0.5) is 4.79 Å². The van der Waals surface area contributed by atoms with E-state index in [2.05, 4.69) is 10.0 Å². The van der Waals surface area contributed by atoms with Gasteiger partial charge in [-0.1, -0.05) is 79.2 Å². The molecule has 3 heterocycles. The maximum Gasteiger partial charge on any atom is 0.328 e. The lowest BCUT2D eigenvalue weighted by Crippen LogP contribution is -2.48. The summed E-state index contributed by atoms with van der Waals surface area (Å²) in [4.78, 5) is 12.9. The number of para-hydroxylation sites is 2. The number of aliphatic hydroxyl groups excluding tert-OH is 3. The van der Waals surface area contributed by atoms with Crippen LogP contribution in [0.2, 0.25) is 0 Å². The van der Waals surface area contributed by atoms with Gasteiger partial charge in [-0.05, 0) is 140 Å². The number of phenols is 2. The Labute approximate surface area is 461 Å². The average Bonchev–Trinajstić information content (AvgIpc) is 3.41. The molecule has 12 unspecified atom stereocenters. The number of methoxy groups -OCH3 is 1. The summed E-state index contributed by atoms with van der Waals surface area (Å²) in [6, 6.07) is 19.1. The molecule has 0 radical (unpaired) electrons. The molecule has 0 bridgehead atoms. The van der Waals surface area contributed by atoms with Crippen LogP contribution >= 0.6 is 0 Å². The van der Waals surface area contributed by atoms with Gasteiger partial charge in [-0.15, -0.1) is 0 Å². The number of amides is 2. The summed E-state index contributed by atoms with van der Waals surface area (Å²) in [7, 11) is -2.47. The minimum absolute atomic E-state index is 0.0473. The number of carbonyl (C=O) groups is 1. The van der Waals surface area contributed by atoms with Gasteiger partial charge in [-0.2, -0.15) is 0 Å². The second kappa shape index (κ2) is 32.7. The third-order valence-corrected chi connectivity index (χ3v) is 15.7. The molecule has 19 heteroatoms. The fraction of sp³-hybridized carbons (Fsp3) is 0.610. The molecule has 3 saturated heterocycles. The van der Waals surface area contributed by atoms with Crippen LogP contribution in [0.1, 0.15) is 146 Å². The molecule has 434 valence electrons. The van der Waals surface area contributed by atoms with E-state index in [1.54, 1.807) is 55.6 Å². The zero-order chi connectivity index (χ0) is 55.9. The molecule has 3 aromatic rings. The molecule has 3 aliphatic rings. The third kappa shape index (κ3) is 21.2. The lowest BCUT2D eigenvalue weighted by atomic mass is 9.95. The Morgan fingerprint density at radius 2 is 1.38 bits per heavy atom. The van der Waals surface area contributed by atoms with E-state index in [0.717, 1.165) is 24.0 Å². The van der Waals surface area contributed by atoms with E-state index in [9.17, 15) is 38.7 Å². The summed E-state index contributed by atoms with van der Waals surface area (Å²) < 4.78 is 77.3. The number of aryl methyl sites for hydroxylation is 1. The molecule has 3 aromatic carbocycles. The molecule has 12 atom stereocenters. The first-order valence-corrected chi connectivity index (χ1v) is 29.4. The van der Waals surface area contributed by atoms with Crippen LogP contribution in [0.3, 0.4) is 0 Å². The standard InChI is InChI=1S/C59H86N2O16S/c1-5-6-7-15-42(38-62)39-72-46(19-13-17-43(63)33-49-30-31-71-57(76-49)52-22-8-10-24-54(52)65)35-45(70-4)18-12-16-44(64)34-50-36-48(21-14-20-47-32-41(3)73-58(77-47)53-23-9-11-25-55(53)66)74-56(75-50)37-60-59(67)61-78(68,69)51-28-26-40(2)27-29-51/h6-11,15,22-29,41,43-50,56-58,62-66H,5,12-14,16-21,30-39H2,1-4H3,(H2,60,61,67)/b7-6-,42-15+. The third-order valence-electron chi connectivity index (χ3n) is 14.4. The highest BCUT2D eigenvalue weighted by Gasteiger charge is 2.35. The zero-order valence-electron chi connectivity index (χ0n) is 45.9. The fourth-order valence-corrected chi connectivity index (χ4v) is 11.1. The van der Waals surface area contributed by atoms with Crippen LogP contribution in [0.15, 0.2) is 101 Å². The van der Waals surface area contributed by atoms with Crippen LogP contribution in [0.5, 0.6) is 11.5 Å². The Kier molecular flexibility index (Phi) is 26.3. The highest BCUT2D eigenvalue weighted by Crippen LogP contribution is 2.37. The summed E-state index contributed by atoms with van der Waals surface area (Å²) >= 11 is 0. The maximum atomic E-state index is 13.0. The largest absolute Gasteiger partial charge is 0.507 e. The van der Waals surface area contributed by atoms with Crippen molar-refractivity contribution in [3.05, 3.63) is 113 Å². The van der Waals surface area contributed by atoms with Gasteiger partial charge in [0.25, 0.3) is 10.0 Å². The Balaban J connectivity index is 1.01. The van der Waals surface area contributed by atoms with Crippen molar-refractivity contribution >= 4 is 16.1 Å². The van der Waals surface area contributed by atoms with E-state index >= 15 is 0 Å². The maximum absolute atomic E-state index is 13.0. The number of hydrogen-bond acceptors (Lipinski definition) is 16. The predicted molar refractivity (Wildman–Crippen MR) is 293 cm³/mol. The molecular weight excluding hydrogens is 1020 g/mol. The van der Waals surface area contributed by atoms with Gasteiger partial charge >= 0.3 is 6.03 Å². The number of allylic oxidation sites excluding steroid dienone is 3. The number of nitrogens with one attached hydrogen (secondary N) is 2. The summed E-state index contributed by atoms with van der Waals surface area (Å²) in [6.07, 6.45) is 10.0. The molecule has 0 saturated carbocycles. The summed E-state index contributed by atoms with van der Waals surface area (Å²) in [6.45, 7) is 6.26. The van der Waals surface area contributed by atoms with Crippen LogP contribution in [0.25, 0.3) is 0 Å². The monoisotopic (exact) mass is 1110 g/mol. The van der Waals surface area contributed by atoms with Gasteiger partial charge in [0.1, 0.15) is 11.5 Å². The van der Waals surface area contributed by atoms with Crippen molar-refractivity contribution in [1.82, 2.24) is 10.0 Å². The smallest absolute Gasteiger partial charge is 0.328 e. The molecule has 78 heavy (non-hydrogen) atoms. The number of hydrogen-bond donors (Lipinski definition) is 7. The number of carbonyl (C=O) groups excluding carboxylic acids is 1. The lowest BCUT2D eigenvalue weighted by molar-refractivity contribution is -0.250. The summed E-state index contributed by atoms with van der Waals surface area (Å²) in [5.41, 5.74) is 2.75. The molecule has 0 spiro atoms. The van der Waals surface area contributed by atoms with E-state index in [1.807, 2.05) is 51.1 Å². The molecule has 3 aliphatic heterocycles. The molecule has 3 fully saturated rings. The minimum atomic E-state index is -4.14. The van der Waals surface area contributed by atoms with Crippen molar-refractivity contribution < 1.29 is 76.6 Å². The molecule has 18 nitrogen and oxygen atoms in total. The first kappa shape index (κ1) is 62.7. The Bertz CT molecular complexity index is 2410. The molecular formula is C59H86N2O16S. The number of aliphatic hydroxyl groups is 3. The lowest BCUT2D eigenvalue weighted by Gasteiger charge is -2.37. The van der Waals surface area contributed by atoms with Gasteiger partial charge in [-0.25, -0.2) is 17.9 Å². The fourth-order valence-electron chi connectivity index (χ4n) is 10.1. The summed E-state index contributed by atoms with van der Waals surface area (Å²) in [5.74, 6) is 0.206. The van der Waals surface area contributed by atoms with E-state index in [1.165, 1.54) is 12.1 Å². The highest BCUT2D eigenvalue weighted by atomic mass is 32.2. The van der Waals surface area contributed by atoms with Crippen LogP contribution < -0.4 is 10.0 Å². The minimum Gasteiger partial charge on any atom is -0.507 e. The van der Waals surface area contributed by atoms with Crippen molar-refractivity contribution in [2.75, 3.05) is 33.5 Å². The Morgan fingerprint density at radius 3 is 2.04 bits per heavy atom. The quantitative estimate of drug-likeness (QED) is 0.0297. The van der Waals surface area contributed by atoms with Crippen molar-refractivity contribution in [2.24, 2.45) is 0 Å². The summed E-state index contributed by atoms with van der Waals surface area (Å²) in [5, 5.41) is 56.1. The number of phenolic OH excluding ortho intramolecular Hbond substituents is 2. The number of ether oxygens (including phenoxy) is 8. The van der Waals surface area contributed by atoms with Gasteiger partial charge in [0.2, 0.25) is 0 Å². The molecule has 0 aromatic heterocycles. The van der Waals surface area contributed by atoms with Crippen molar-refractivity contribution in [1.29, 1.82) is 0 Å². The first-order chi connectivity index (χ1) is 37.6. The second-order valence-corrected chi connectivity index (χ2v) is 22.5. The van der Waals surface area contributed by atoms with Crippen molar-refractivity contribution in [2.45, 2.75) is 202 Å². The Hall–Kier alpha value is -4.48. The van der Waals surface area contributed by atoms with Crippen LogP contribution in [0, 0.1) is 6.92 Å². The van der Waals surface area contributed by atoms with Crippen molar-refractivity contribution in [3.63, 3.8) is 0 Å². The van der Waals surface area contributed by atoms with Gasteiger partial charge in [0.05, 0.1) is 86.2 Å². The van der Waals surface area contributed by atoms with E-state index in [0.29, 0.717) is 108 Å². The number of urea groups is 1. The highest BCUT2D eigenvalue weighted by molar-refractivity contribution is 7.90. The van der Waals surface area contributed by atoms with Crippen molar-refractivity contribution in [3.8, 4) is 11.5 Å². The number of benzene rings is 3. The van der Waals surface area contributed by atoms with Gasteiger partial charge in [0, 0.05) is 24.7 Å². The van der Waals surface area contributed by atoms with Crippen LogP contribution in [-0.4, -0.2) is 135 Å². The normalized spacial score (nSPS) is 24.8. The average molecular weight is 1110 g/mol. The molecule has 0 aliphatic carbocycles. The second-order valence-electron chi connectivity index (χ2n) is 20.9. The topological polar surface area (TPSA) is 250 Å². The van der Waals surface area contributed by atoms with Gasteiger partial charge in [0.15, 0.2) is 18.9 Å². The number of aromatic hydroxyl groups is 2. The zero-order valence-corrected chi connectivity index (χ0v) is 46.7. The molecule has 6 rings (SSSR count). The van der Waals surface area contributed by atoms with Gasteiger partial charge < -0.3 is 68.7 Å². The number of rotatable bonds is 31. The van der Waals surface area contributed by atoms with Gasteiger partial charge in [-0.3, -0.25) is 0 Å². The Morgan fingerprint density at radius 1 is 0.769 bits per heavy atom. The number of sulfonamides is 1. The SMILES string of the molecule is CC/C=C\C=C(/CO)COC(CCCC(O)CC1CCOC(c2ccccc2O)O1)CC(CCCC(O)CC1CC(CCCC2CC(C)OC(c3ccccc3O)O2)OC(CNC(=O)NS(=O)(=O)c2ccc(C)cc2)O1)OC. The van der Waals surface area contributed by atoms with E-state index in [4.69, 9.17) is 37.9 Å². The van der Waals surface area contributed by atoms with E-state index in [-0.39, 0.29) is 72.8 Å². The molecule has 2 amide bonds. The molecule has 7 N–H and O–H groups in total. The van der Waals surface area contributed by atoms with E-state index < -0.39 is 53.2 Å². The van der Waals surface area contributed by atoms with Crippen LogP contribution in [-0.2, 0) is 47.9 Å². The predicted octanol–water partition coefficient (Wildman–Crippen LogP) is 8.98. The first-order valence-electron chi connectivity index (χ1n) is 27.9.